The van der Waals surface area contributed by atoms with E-state index in [-0.39, 0.29) is 18.1 Å². The molecule has 6 nitrogen and oxygen atoms in total. The second-order valence-corrected chi connectivity index (χ2v) is 3.64. The van der Waals surface area contributed by atoms with Gasteiger partial charge in [0.05, 0.1) is 20.8 Å². The SMILES string of the molecule is CCOC(=O)c1c(F)cccc1OC(=COC)C(=O)OC. The maximum Gasteiger partial charge on any atom is 0.377 e. The lowest BCUT2D eigenvalue weighted by molar-refractivity contribution is -0.138. The molecule has 7 heteroatoms. The molecule has 0 spiro atoms. The van der Waals surface area contributed by atoms with Crippen LogP contribution in [0, 0.1) is 5.82 Å². The topological polar surface area (TPSA) is 71.1 Å². The molecule has 1 rings (SSSR count). The van der Waals surface area contributed by atoms with Crippen LogP contribution in [0.1, 0.15) is 17.3 Å². The molecular formula is C14H15FO6. The van der Waals surface area contributed by atoms with Crippen LogP contribution in [0.5, 0.6) is 5.75 Å². The number of methoxy groups -OCH3 is 2. The normalized spacial score (nSPS) is 10.8. The average molecular weight is 298 g/mol. The zero-order valence-corrected chi connectivity index (χ0v) is 11.8. The number of hydrogen-bond donors (Lipinski definition) is 0. The smallest absolute Gasteiger partial charge is 0.377 e. The summed E-state index contributed by atoms with van der Waals surface area (Å²) in [6, 6.07) is 3.73. The van der Waals surface area contributed by atoms with Gasteiger partial charge in [-0.3, -0.25) is 0 Å². The van der Waals surface area contributed by atoms with Gasteiger partial charge in [-0.2, -0.15) is 0 Å². The fourth-order valence-corrected chi connectivity index (χ4v) is 1.43. The van der Waals surface area contributed by atoms with E-state index >= 15 is 0 Å². The van der Waals surface area contributed by atoms with Gasteiger partial charge in [0.15, 0.2) is 0 Å². The van der Waals surface area contributed by atoms with Gasteiger partial charge in [0, 0.05) is 0 Å². The molecule has 0 atom stereocenters. The fourth-order valence-electron chi connectivity index (χ4n) is 1.43. The molecule has 114 valence electrons. The molecule has 0 aliphatic rings. The van der Waals surface area contributed by atoms with Gasteiger partial charge in [0.25, 0.3) is 0 Å². The molecule has 0 aromatic heterocycles. The van der Waals surface area contributed by atoms with Crippen LogP contribution < -0.4 is 4.74 Å². The highest BCUT2D eigenvalue weighted by atomic mass is 19.1. The van der Waals surface area contributed by atoms with Crippen molar-refractivity contribution in [2.75, 3.05) is 20.8 Å². The highest BCUT2D eigenvalue weighted by molar-refractivity contribution is 5.93. The number of hydrogen-bond acceptors (Lipinski definition) is 6. The molecule has 0 saturated carbocycles. The lowest BCUT2D eigenvalue weighted by Gasteiger charge is -2.12. The second-order valence-electron chi connectivity index (χ2n) is 3.64. The first-order valence-corrected chi connectivity index (χ1v) is 5.99. The van der Waals surface area contributed by atoms with Gasteiger partial charge in [-0.15, -0.1) is 0 Å². The van der Waals surface area contributed by atoms with E-state index in [1.165, 1.54) is 19.2 Å². The molecule has 1 aromatic rings. The minimum absolute atomic E-state index is 0.0738. The van der Waals surface area contributed by atoms with E-state index in [4.69, 9.17) is 9.47 Å². The van der Waals surface area contributed by atoms with Crippen molar-refractivity contribution in [3.63, 3.8) is 0 Å². The highest BCUT2D eigenvalue weighted by Crippen LogP contribution is 2.24. The van der Waals surface area contributed by atoms with E-state index in [0.29, 0.717) is 0 Å². The Hall–Kier alpha value is -2.57. The fraction of sp³-hybridized carbons (Fsp3) is 0.286. The van der Waals surface area contributed by atoms with Crippen molar-refractivity contribution in [1.82, 2.24) is 0 Å². The maximum atomic E-state index is 13.8. The third kappa shape index (κ3) is 4.20. The number of carbonyl (C=O) groups is 2. The average Bonchev–Trinajstić information content (AvgIpc) is 2.46. The highest BCUT2D eigenvalue weighted by Gasteiger charge is 2.22. The van der Waals surface area contributed by atoms with E-state index in [1.807, 2.05) is 0 Å². The first-order chi connectivity index (χ1) is 10.0. The van der Waals surface area contributed by atoms with Crippen LogP contribution in [0.15, 0.2) is 30.2 Å². The Kier molecular flexibility index (Phi) is 6.19. The van der Waals surface area contributed by atoms with Crippen LogP contribution in [0.3, 0.4) is 0 Å². The van der Waals surface area contributed by atoms with Crippen molar-refractivity contribution in [1.29, 1.82) is 0 Å². The van der Waals surface area contributed by atoms with E-state index < -0.39 is 23.3 Å². The van der Waals surface area contributed by atoms with Gasteiger partial charge in [0.1, 0.15) is 23.4 Å². The van der Waals surface area contributed by atoms with Crippen molar-refractivity contribution in [3.8, 4) is 5.75 Å². The predicted octanol–water partition coefficient (Wildman–Crippen LogP) is 2.04. The predicted molar refractivity (Wildman–Crippen MR) is 70.1 cm³/mol. The van der Waals surface area contributed by atoms with Crippen LogP contribution in [-0.4, -0.2) is 32.8 Å². The van der Waals surface area contributed by atoms with Gasteiger partial charge >= 0.3 is 11.9 Å². The molecule has 0 radical (unpaired) electrons. The Balaban J connectivity index is 3.18. The second kappa shape index (κ2) is 7.88. The van der Waals surface area contributed by atoms with Crippen molar-refractivity contribution in [3.05, 3.63) is 41.6 Å². The zero-order valence-electron chi connectivity index (χ0n) is 11.8. The summed E-state index contributed by atoms with van der Waals surface area (Å²) in [6.07, 6.45) is 0.978. The summed E-state index contributed by atoms with van der Waals surface area (Å²) < 4.78 is 32.9. The van der Waals surface area contributed by atoms with Gasteiger partial charge in [-0.05, 0) is 19.1 Å². The molecule has 0 bridgehead atoms. The molecule has 0 N–H and O–H groups in total. The van der Waals surface area contributed by atoms with Crippen LogP contribution in [-0.2, 0) is 19.0 Å². The van der Waals surface area contributed by atoms with E-state index in [9.17, 15) is 14.0 Å². The Morgan fingerprint density at radius 3 is 2.57 bits per heavy atom. The molecule has 0 heterocycles. The van der Waals surface area contributed by atoms with E-state index in [0.717, 1.165) is 19.4 Å². The Bertz CT molecular complexity index is 552. The van der Waals surface area contributed by atoms with E-state index in [2.05, 4.69) is 9.47 Å². The van der Waals surface area contributed by atoms with Crippen molar-refractivity contribution < 1.29 is 32.9 Å². The minimum atomic E-state index is -0.896. The summed E-state index contributed by atoms with van der Waals surface area (Å²) >= 11 is 0. The molecule has 0 fully saturated rings. The first kappa shape index (κ1) is 16.5. The maximum absolute atomic E-state index is 13.8. The Morgan fingerprint density at radius 1 is 1.29 bits per heavy atom. The first-order valence-electron chi connectivity index (χ1n) is 5.99. The Morgan fingerprint density at radius 2 is 2.00 bits per heavy atom. The van der Waals surface area contributed by atoms with Crippen molar-refractivity contribution in [2.45, 2.75) is 6.92 Å². The minimum Gasteiger partial charge on any atom is -0.500 e. The number of halogens is 1. The molecular weight excluding hydrogens is 283 g/mol. The Labute approximate surface area is 121 Å². The molecule has 21 heavy (non-hydrogen) atoms. The summed E-state index contributed by atoms with van der Waals surface area (Å²) in [6.45, 7) is 1.66. The summed E-state index contributed by atoms with van der Waals surface area (Å²) in [5.41, 5.74) is -0.412. The molecule has 0 saturated heterocycles. The molecule has 0 unspecified atom stereocenters. The number of esters is 2. The quantitative estimate of drug-likeness (QED) is 0.455. The summed E-state index contributed by atoms with van der Waals surface area (Å²) in [5.74, 6) is -3.07. The van der Waals surface area contributed by atoms with Crippen molar-refractivity contribution in [2.24, 2.45) is 0 Å². The third-order valence-corrected chi connectivity index (χ3v) is 2.29. The molecule has 0 aliphatic heterocycles. The van der Waals surface area contributed by atoms with Gasteiger partial charge < -0.3 is 18.9 Å². The van der Waals surface area contributed by atoms with Gasteiger partial charge in [-0.1, -0.05) is 6.07 Å². The summed E-state index contributed by atoms with van der Waals surface area (Å²) in [4.78, 5) is 23.2. The van der Waals surface area contributed by atoms with Crippen molar-refractivity contribution >= 4 is 11.9 Å². The summed E-state index contributed by atoms with van der Waals surface area (Å²) in [7, 11) is 2.44. The van der Waals surface area contributed by atoms with Gasteiger partial charge in [0.2, 0.25) is 5.76 Å². The molecule has 0 amide bonds. The molecule has 0 aliphatic carbocycles. The van der Waals surface area contributed by atoms with Crippen LogP contribution in [0.4, 0.5) is 4.39 Å². The van der Waals surface area contributed by atoms with Crippen LogP contribution in [0.2, 0.25) is 0 Å². The van der Waals surface area contributed by atoms with E-state index in [1.54, 1.807) is 6.92 Å². The number of benzene rings is 1. The third-order valence-electron chi connectivity index (χ3n) is 2.29. The van der Waals surface area contributed by atoms with Gasteiger partial charge in [-0.25, -0.2) is 14.0 Å². The van der Waals surface area contributed by atoms with Crippen LogP contribution >= 0.6 is 0 Å². The molecule has 1 aromatic carbocycles. The zero-order chi connectivity index (χ0) is 15.8. The number of rotatable bonds is 6. The number of carbonyl (C=O) groups excluding carboxylic acids is 2. The standard InChI is InChI=1S/C14H15FO6/c1-4-20-14(17)12-9(15)6-5-7-10(12)21-11(8-18-2)13(16)19-3/h5-8H,4H2,1-3H3. The largest absolute Gasteiger partial charge is 0.500 e. The van der Waals surface area contributed by atoms with Crippen LogP contribution in [0.25, 0.3) is 0 Å². The lowest BCUT2D eigenvalue weighted by Crippen LogP contribution is -2.15. The monoisotopic (exact) mass is 298 g/mol. The lowest BCUT2D eigenvalue weighted by atomic mass is 10.2. The summed E-state index contributed by atoms with van der Waals surface area (Å²) in [5, 5.41) is 0. The number of ether oxygens (including phenoxy) is 4.